The number of nitrogens with one attached hydrogen (secondary N) is 1. The Bertz CT molecular complexity index is 391. The Morgan fingerprint density at radius 1 is 1.44 bits per heavy atom. The zero-order valence-corrected chi connectivity index (χ0v) is 12.5. The third kappa shape index (κ3) is 3.99. The molecule has 1 N–H and O–H groups in total. The van der Waals surface area contributed by atoms with E-state index in [0.29, 0.717) is 11.1 Å². The van der Waals surface area contributed by atoms with Crippen LogP contribution in [0.15, 0.2) is 18.2 Å². The van der Waals surface area contributed by atoms with Gasteiger partial charge in [-0.2, -0.15) is 11.8 Å². The monoisotopic (exact) mass is 285 g/mol. The van der Waals surface area contributed by atoms with Gasteiger partial charge in [-0.25, -0.2) is 0 Å². The summed E-state index contributed by atoms with van der Waals surface area (Å²) >= 11 is 8.24. The van der Waals surface area contributed by atoms with Gasteiger partial charge in [0, 0.05) is 17.5 Å². The number of ether oxygens (including phenoxy) is 1. The van der Waals surface area contributed by atoms with E-state index in [4.69, 9.17) is 16.3 Å². The molecule has 1 fully saturated rings. The molecule has 2 rings (SSSR count). The molecule has 1 atom stereocenters. The van der Waals surface area contributed by atoms with Gasteiger partial charge in [0.1, 0.15) is 5.75 Å². The molecular weight excluding hydrogens is 266 g/mol. The Hall–Kier alpha value is -0.540. The highest BCUT2D eigenvalue weighted by Gasteiger charge is 2.14. The third-order valence-electron chi connectivity index (χ3n) is 2.83. The van der Waals surface area contributed by atoms with Crippen LogP contribution in [0.2, 0.25) is 5.02 Å². The second kappa shape index (κ2) is 6.58. The lowest BCUT2D eigenvalue weighted by molar-refractivity contribution is 0.242. The van der Waals surface area contributed by atoms with Crippen molar-refractivity contribution < 1.29 is 4.74 Å². The van der Waals surface area contributed by atoms with Crippen LogP contribution >= 0.6 is 23.4 Å². The molecule has 1 unspecified atom stereocenters. The van der Waals surface area contributed by atoms with Gasteiger partial charge >= 0.3 is 0 Å². The van der Waals surface area contributed by atoms with Crippen molar-refractivity contribution in [2.45, 2.75) is 38.8 Å². The molecule has 0 radical (unpaired) electrons. The smallest absolute Gasteiger partial charge is 0.138 e. The minimum absolute atomic E-state index is 0.149. The zero-order chi connectivity index (χ0) is 13.0. The van der Waals surface area contributed by atoms with Crippen molar-refractivity contribution in [2.75, 3.05) is 16.8 Å². The average Bonchev–Trinajstić information content (AvgIpc) is 2.33. The van der Waals surface area contributed by atoms with Crippen molar-refractivity contribution in [1.82, 2.24) is 0 Å². The maximum atomic E-state index is 6.22. The van der Waals surface area contributed by atoms with Crippen LogP contribution in [-0.2, 0) is 0 Å². The van der Waals surface area contributed by atoms with Gasteiger partial charge in [0.15, 0.2) is 0 Å². The van der Waals surface area contributed by atoms with Crippen LogP contribution < -0.4 is 10.1 Å². The molecule has 0 bridgehead atoms. The number of halogens is 1. The van der Waals surface area contributed by atoms with Crippen LogP contribution in [0.5, 0.6) is 5.75 Å². The van der Waals surface area contributed by atoms with Gasteiger partial charge < -0.3 is 10.1 Å². The zero-order valence-electron chi connectivity index (χ0n) is 10.9. The van der Waals surface area contributed by atoms with E-state index in [-0.39, 0.29) is 6.10 Å². The summed E-state index contributed by atoms with van der Waals surface area (Å²) in [6, 6.07) is 6.51. The molecule has 0 amide bonds. The van der Waals surface area contributed by atoms with Crippen LogP contribution in [0.1, 0.15) is 26.7 Å². The van der Waals surface area contributed by atoms with E-state index in [9.17, 15) is 0 Å². The van der Waals surface area contributed by atoms with Crippen molar-refractivity contribution >= 4 is 29.1 Å². The second-order valence-electron chi connectivity index (χ2n) is 4.87. The maximum absolute atomic E-state index is 6.22. The molecule has 1 heterocycles. The van der Waals surface area contributed by atoms with E-state index in [1.807, 2.05) is 43.8 Å². The number of hydrogen-bond acceptors (Lipinski definition) is 3. The second-order valence-corrected chi connectivity index (χ2v) is 6.43. The van der Waals surface area contributed by atoms with Crippen molar-refractivity contribution in [2.24, 2.45) is 0 Å². The fraction of sp³-hybridized carbons (Fsp3) is 0.571. The minimum atomic E-state index is 0.149. The van der Waals surface area contributed by atoms with Crippen molar-refractivity contribution in [3.63, 3.8) is 0 Å². The molecule has 1 saturated heterocycles. The lowest BCUT2D eigenvalue weighted by Gasteiger charge is -2.24. The molecule has 100 valence electrons. The van der Waals surface area contributed by atoms with Gasteiger partial charge in [-0.3, -0.25) is 0 Å². The van der Waals surface area contributed by atoms with Crippen molar-refractivity contribution in [3.05, 3.63) is 23.2 Å². The Kier molecular flexibility index (Phi) is 5.07. The molecule has 1 aliphatic rings. The van der Waals surface area contributed by atoms with E-state index in [2.05, 4.69) is 5.32 Å². The summed E-state index contributed by atoms with van der Waals surface area (Å²) in [6.07, 6.45) is 2.69. The average molecular weight is 286 g/mol. The van der Waals surface area contributed by atoms with E-state index in [0.717, 1.165) is 11.4 Å². The number of rotatable bonds is 4. The first-order valence-corrected chi connectivity index (χ1v) is 7.99. The summed E-state index contributed by atoms with van der Waals surface area (Å²) in [5.41, 5.74) is 1.09. The summed E-state index contributed by atoms with van der Waals surface area (Å²) in [5, 5.41) is 4.22. The van der Waals surface area contributed by atoms with E-state index < -0.39 is 0 Å². The normalized spacial score (nSPS) is 19.9. The van der Waals surface area contributed by atoms with Gasteiger partial charge in [-0.15, -0.1) is 0 Å². The van der Waals surface area contributed by atoms with Crippen LogP contribution in [0.4, 0.5) is 5.69 Å². The molecule has 1 aromatic rings. The molecule has 18 heavy (non-hydrogen) atoms. The first-order chi connectivity index (χ1) is 8.65. The quantitative estimate of drug-likeness (QED) is 0.884. The summed E-state index contributed by atoms with van der Waals surface area (Å²) < 4.78 is 5.63. The largest absolute Gasteiger partial charge is 0.489 e. The first-order valence-electron chi connectivity index (χ1n) is 6.45. The first kappa shape index (κ1) is 13.9. The topological polar surface area (TPSA) is 21.3 Å². The fourth-order valence-electron chi connectivity index (χ4n) is 2.03. The van der Waals surface area contributed by atoms with Gasteiger partial charge in [0.05, 0.1) is 11.1 Å². The highest BCUT2D eigenvalue weighted by Crippen LogP contribution is 2.29. The SMILES string of the molecule is CC(C)Oc1ccc(NC2CCCSC2)cc1Cl. The Balaban J connectivity index is 1.99. The Morgan fingerprint density at radius 2 is 2.28 bits per heavy atom. The number of anilines is 1. The predicted octanol–water partition coefficient (Wildman–Crippen LogP) is 4.43. The molecule has 2 nitrogen and oxygen atoms in total. The van der Waals surface area contributed by atoms with Crippen molar-refractivity contribution in [3.8, 4) is 5.75 Å². The molecule has 0 spiro atoms. The van der Waals surface area contributed by atoms with E-state index >= 15 is 0 Å². The molecule has 4 heteroatoms. The van der Waals surface area contributed by atoms with Crippen LogP contribution in [-0.4, -0.2) is 23.7 Å². The molecule has 0 aliphatic carbocycles. The summed E-state index contributed by atoms with van der Waals surface area (Å²) in [6.45, 7) is 4.00. The Labute approximate surface area is 118 Å². The molecule has 1 aromatic carbocycles. The predicted molar refractivity (Wildman–Crippen MR) is 81.2 cm³/mol. The van der Waals surface area contributed by atoms with Crippen LogP contribution in [0, 0.1) is 0 Å². The van der Waals surface area contributed by atoms with Gasteiger partial charge in [-0.1, -0.05) is 11.6 Å². The highest BCUT2D eigenvalue weighted by molar-refractivity contribution is 7.99. The van der Waals surface area contributed by atoms with Crippen molar-refractivity contribution in [1.29, 1.82) is 0 Å². The summed E-state index contributed by atoms with van der Waals surface area (Å²) in [5.74, 6) is 3.23. The Morgan fingerprint density at radius 3 is 2.89 bits per heavy atom. The lowest BCUT2D eigenvalue weighted by atomic mass is 10.1. The maximum Gasteiger partial charge on any atom is 0.138 e. The third-order valence-corrected chi connectivity index (χ3v) is 4.34. The van der Waals surface area contributed by atoms with Crippen LogP contribution in [0.3, 0.4) is 0 Å². The number of benzene rings is 1. The summed E-state index contributed by atoms with van der Waals surface area (Å²) in [4.78, 5) is 0. The van der Waals surface area contributed by atoms with Gasteiger partial charge in [-0.05, 0) is 50.6 Å². The highest BCUT2D eigenvalue weighted by atomic mass is 35.5. The summed E-state index contributed by atoms with van der Waals surface area (Å²) in [7, 11) is 0. The standard InChI is InChI=1S/C14H20ClNOS/c1-10(2)17-14-6-5-11(8-13(14)15)16-12-4-3-7-18-9-12/h5-6,8,10,12,16H,3-4,7,9H2,1-2H3. The van der Waals surface area contributed by atoms with Gasteiger partial charge in [0.2, 0.25) is 0 Å². The molecule has 1 aliphatic heterocycles. The number of hydrogen-bond donors (Lipinski definition) is 1. The lowest BCUT2D eigenvalue weighted by Crippen LogP contribution is -2.25. The fourth-order valence-corrected chi connectivity index (χ4v) is 3.33. The van der Waals surface area contributed by atoms with Gasteiger partial charge in [0.25, 0.3) is 0 Å². The number of thioether (sulfide) groups is 1. The van der Waals surface area contributed by atoms with E-state index in [1.165, 1.54) is 24.3 Å². The molecular formula is C14H20ClNOS. The molecule has 0 aromatic heterocycles. The minimum Gasteiger partial charge on any atom is -0.489 e. The van der Waals surface area contributed by atoms with E-state index in [1.54, 1.807) is 0 Å². The van der Waals surface area contributed by atoms with Crippen LogP contribution in [0.25, 0.3) is 0 Å². The molecule has 0 saturated carbocycles.